The molecule has 0 unspecified atom stereocenters. The number of hydrogen-bond donors (Lipinski definition) is 1. The summed E-state index contributed by atoms with van der Waals surface area (Å²) in [5.74, 6) is 0.215. The summed E-state index contributed by atoms with van der Waals surface area (Å²) in [4.78, 5) is 15.6. The van der Waals surface area contributed by atoms with E-state index in [0.717, 1.165) is 0 Å². The fourth-order valence-corrected chi connectivity index (χ4v) is 1.86. The Morgan fingerprint density at radius 1 is 1.59 bits per heavy atom. The molecule has 0 spiro atoms. The van der Waals surface area contributed by atoms with Gasteiger partial charge >= 0.3 is 0 Å². The SMILES string of the molecule is CNC(=O)Cn1c(CCl)nc2cc(F)ccc21. The van der Waals surface area contributed by atoms with Crippen molar-refractivity contribution in [3.05, 3.63) is 29.8 Å². The summed E-state index contributed by atoms with van der Waals surface area (Å²) < 4.78 is 14.7. The minimum absolute atomic E-state index is 0.126. The van der Waals surface area contributed by atoms with Crippen molar-refractivity contribution in [3.63, 3.8) is 0 Å². The first-order valence-electron chi connectivity index (χ1n) is 5.07. The second-order valence-corrected chi connectivity index (χ2v) is 3.82. The highest BCUT2D eigenvalue weighted by Crippen LogP contribution is 2.18. The summed E-state index contributed by atoms with van der Waals surface area (Å²) in [6, 6.07) is 4.25. The molecular formula is C11H11ClFN3O. The summed E-state index contributed by atoms with van der Waals surface area (Å²) in [6.07, 6.45) is 0. The fraction of sp³-hybridized carbons (Fsp3) is 0.273. The number of imidazole rings is 1. The van der Waals surface area contributed by atoms with Crippen LogP contribution in [0.5, 0.6) is 0 Å². The zero-order valence-corrected chi connectivity index (χ0v) is 9.96. The third-order valence-electron chi connectivity index (χ3n) is 2.49. The van der Waals surface area contributed by atoms with Gasteiger partial charge in [0.05, 0.1) is 16.9 Å². The van der Waals surface area contributed by atoms with Crippen LogP contribution in [0, 0.1) is 5.82 Å². The van der Waals surface area contributed by atoms with Crippen molar-refractivity contribution in [3.8, 4) is 0 Å². The van der Waals surface area contributed by atoms with E-state index in [1.807, 2.05) is 0 Å². The molecule has 2 aromatic rings. The Hall–Kier alpha value is -1.62. The average Bonchev–Trinajstić information content (AvgIpc) is 2.66. The molecule has 90 valence electrons. The molecule has 0 saturated heterocycles. The highest BCUT2D eigenvalue weighted by molar-refractivity contribution is 6.16. The van der Waals surface area contributed by atoms with Crippen LogP contribution in [0.4, 0.5) is 4.39 Å². The van der Waals surface area contributed by atoms with Crippen LogP contribution in [0.25, 0.3) is 11.0 Å². The molecule has 1 aromatic carbocycles. The lowest BCUT2D eigenvalue weighted by Gasteiger charge is -2.06. The van der Waals surface area contributed by atoms with Gasteiger partial charge in [-0.1, -0.05) is 0 Å². The summed E-state index contributed by atoms with van der Waals surface area (Å²) >= 11 is 5.76. The van der Waals surface area contributed by atoms with Gasteiger partial charge < -0.3 is 9.88 Å². The number of amides is 1. The molecule has 0 fully saturated rings. The number of fused-ring (bicyclic) bond motifs is 1. The molecule has 0 saturated carbocycles. The van der Waals surface area contributed by atoms with Crippen LogP contribution in [-0.4, -0.2) is 22.5 Å². The topological polar surface area (TPSA) is 46.9 Å². The maximum atomic E-state index is 13.0. The minimum atomic E-state index is -0.358. The Morgan fingerprint density at radius 2 is 2.35 bits per heavy atom. The van der Waals surface area contributed by atoms with Gasteiger partial charge in [-0.3, -0.25) is 4.79 Å². The Labute approximate surface area is 102 Å². The molecule has 0 aliphatic carbocycles. The molecule has 0 aliphatic heterocycles. The van der Waals surface area contributed by atoms with Gasteiger partial charge in [0, 0.05) is 13.1 Å². The molecular weight excluding hydrogens is 245 g/mol. The number of nitrogens with one attached hydrogen (secondary N) is 1. The lowest BCUT2D eigenvalue weighted by molar-refractivity contribution is -0.121. The van der Waals surface area contributed by atoms with Crippen LogP contribution in [0.3, 0.4) is 0 Å². The molecule has 4 nitrogen and oxygen atoms in total. The summed E-state index contributed by atoms with van der Waals surface area (Å²) in [5, 5.41) is 2.53. The van der Waals surface area contributed by atoms with Crippen molar-refractivity contribution in [2.75, 3.05) is 7.05 Å². The van der Waals surface area contributed by atoms with E-state index in [4.69, 9.17) is 11.6 Å². The number of alkyl halides is 1. The molecule has 0 aliphatic rings. The molecule has 1 amide bonds. The van der Waals surface area contributed by atoms with Gasteiger partial charge in [-0.2, -0.15) is 0 Å². The number of rotatable bonds is 3. The van der Waals surface area contributed by atoms with Crippen molar-refractivity contribution in [2.24, 2.45) is 0 Å². The second-order valence-electron chi connectivity index (χ2n) is 3.55. The molecule has 0 bridgehead atoms. The van der Waals surface area contributed by atoms with Crippen molar-refractivity contribution >= 4 is 28.5 Å². The van der Waals surface area contributed by atoms with Gasteiger partial charge in [-0.25, -0.2) is 9.37 Å². The number of carbonyl (C=O) groups is 1. The monoisotopic (exact) mass is 255 g/mol. The van der Waals surface area contributed by atoms with Crippen molar-refractivity contribution in [1.82, 2.24) is 14.9 Å². The van der Waals surface area contributed by atoms with Crippen LogP contribution >= 0.6 is 11.6 Å². The molecule has 1 heterocycles. The zero-order chi connectivity index (χ0) is 12.4. The van der Waals surface area contributed by atoms with E-state index in [2.05, 4.69) is 10.3 Å². The van der Waals surface area contributed by atoms with Crippen molar-refractivity contribution in [2.45, 2.75) is 12.4 Å². The first-order chi connectivity index (χ1) is 8.15. The van der Waals surface area contributed by atoms with Gasteiger partial charge in [0.2, 0.25) is 5.91 Å². The van der Waals surface area contributed by atoms with E-state index in [9.17, 15) is 9.18 Å². The van der Waals surface area contributed by atoms with Gasteiger partial charge in [0.15, 0.2) is 0 Å². The van der Waals surface area contributed by atoms with Crippen molar-refractivity contribution in [1.29, 1.82) is 0 Å². The average molecular weight is 256 g/mol. The third kappa shape index (κ3) is 2.24. The van der Waals surface area contributed by atoms with E-state index in [1.54, 1.807) is 17.7 Å². The zero-order valence-electron chi connectivity index (χ0n) is 9.20. The summed E-state index contributed by atoms with van der Waals surface area (Å²) in [5.41, 5.74) is 1.20. The highest BCUT2D eigenvalue weighted by Gasteiger charge is 2.12. The van der Waals surface area contributed by atoms with E-state index in [1.165, 1.54) is 12.1 Å². The van der Waals surface area contributed by atoms with Crippen LogP contribution in [-0.2, 0) is 17.2 Å². The maximum absolute atomic E-state index is 13.0. The standard InChI is InChI=1S/C11H11ClFN3O/c1-14-11(17)6-16-9-3-2-7(13)4-8(9)15-10(16)5-12/h2-4H,5-6H2,1H3,(H,14,17). The minimum Gasteiger partial charge on any atom is -0.358 e. The molecule has 1 N–H and O–H groups in total. The predicted octanol–water partition coefficient (Wildman–Crippen LogP) is 1.66. The largest absolute Gasteiger partial charge is 0.358 e. The first-order valence-corrected chi connectivity index (χ1v) is 5.60. The van der Waals surface area contributed by atoms with Gasteiger partial charge in [-0.05, 0) is 12.1 Å². The predicted molar refractivity (Wildman–Crippen MR) is 63.3 cm³/mol. The number of hydrogen-bond acceptors (Lipinski definition) is 2. The first kappa shape index (κ1) is 11.9. The van der Waals surface area contributed by atoms with Crippen LogP contribution in [0.1, 0.15) is 5.82 Å². The Kier molecular flexibility index (Phi) is 3.28. The second kappa shape index (κ2) is 4.71. The molecule has 0 radical (unpaired) electrons. The quantitative estimate of drug-likeness (QED) is 0.848. The number of halogens is 2. The highest BCUT2D eigenvalue weighted by atomic mass is 35.5. The Morgan fingerprint density at radius 3 is 3.00 bits per heavy atom. The number of nitrogens with zero attached hydrogens (tertiary/aromatic N) is 2. The smallest absolute Gasteiger partial charge is 0.239 e. The number of likely N-dealkylation sites (N-methyl/N-ethyl adjacent to an activating group) is 1. The molecule has 2 rings (SSSR count). The van der Waals surface area contributed by atoms with Gasteiger partial charge in [0.25, 0.3) is 0 Å². The number of carbonyl (C=O) groups excluding carboxylic acids is 1. The van der Waals surface area contributed by atoms with E-state index < -0.39 is 0 Å². The molecule has 0 atom stereocenters. The lowest BCUT2D eigenvalue weighted by atomic mass is 10.3. The maximum Gasteiger partial charge on any atom is 0.239 e. The van der Waals surface area contributed by atoms with E-state index >= 15 is 0 Å². The van der Waals surface area contributed by atoms with Crippen molar-refractivity contribution < 1.29 is 9.18 Å². The Balaban J connectivity index is 2.54. The molecule has 1 aromatic heterocycles. The van der Waals surface area contributed by atoms with E-state index in [-0.39, 0.29) is 24.1 Å². The fourth-order valence-electron chi connectivity index (χ4n) is 1.65. The molecule has 6 heteroatoms. The number of aromatic nitrogens is 2. The Bertz CT molecular complexity index is 567. The number of benzene rings is 1. The van der Waals surface area contributed by atoms with Gasteiger partial charge in [-0.15, -0.1) is 11.6 Å². The van der Waals surface area contributed by atoms with Crippen LogP contribution < -0.4 is 5.32 Å². The van der Waals surface area contributed by atoms with E-state index in [0.29, 0.717) is 16.9 Å². The third-order valence-corrected chi connectivity index (χ3v) is 2.73. The summed E-state index contributed by atoms with van der Waals surface area (Å²) in [7, 11) is 1.56. The van der Waals surface area contributed by atoms with Crippen LogP contribution in [0.2, 0.25) is 0 Å². The molecule has 17 heavy (non-hydrogen) atoms. The lowest BCUT2D eigenvalue weighted by Crippen LogP contribution is -2.24. The summed E-state index contributed by atoms with van der Waals surface area (Å²) in [6.45, 7) is 0.126. The van der Waals surface area contributed by atoms with Crippen LogP contribution in [0.15, 0.2) is 18.2 Å². The van der Waals surface area contributed by atoms with Gasteiger partial charge in [0.1, 0.15) is 18.2 Å². The normalized spacial score (nSPS) is 10.8.